The molecule has 0 aliphatic rings. The van der Waals surface area contributed by atoms with Crippen LogP contribution >= 0.6 is 27.5 Å². The van der Waals surface area contributed by atoms with Crippen LogP contribution in [0.15, 0.2) is 28.7 Å². The largest absolute Gasteiger partial charge is 0.467 e. The summed E-state index contributed by atoms with van der Waals surface area (Å²) in [6.45, 7) is 3.21. The third kappa shape index (κ3) is 3.86. The maximum absolute atomic E-state index is 12.3. The van der Waals surface area contributed by atoms with Gasteiger partial charge in [-0.1, -0.05) is 27.5 Å². The topological polar surface area (TPSA) is 66.2 Å². The van der Waals surface area contributed by atoms with Gasteiger partial charge in [-0.2, -0.15) is 5.26 Å². The van der Waals surface area contributed by atoms with E-state index in [1.54, 1.807) is 20.9 Å². The number of pyridine rings is 1. The van der Waals surface area contributed by atoms with Crippen molar-refractivity contribution in [3.05, 3.63) is 50.6 Å². The van der Waals surface area contributed by atoms with Crippen LogP contribution in [0.2, 0.25) is 5.02 Å². The Bertz CT molecular complexity index is 816. The molecule has 1 heterocycles. The Labute approximate surface area is 153 Å². The van der Waals surface area contributed by atoms with Gasteiger partial charge in [-0.3, -0.25) is 4.79 Å². The van der Waals surface area contributed by atoms with Crippen molar-refractivity contribution in [3.63, 3.8) is 0 Å². The highest BCUT2D eigenvalue weighted by atomic mass is 79.9. The molecule has 1 amide bonds. The minimum atomic E-state index is -0.256. The number of likely N-dealkylation sites (N-methyl/N-ethyl adjacent to an activating group) is 1. The number of nitrogens with zero attached hydrogens (tertiary/aromatic N) is 3. The number of aryl methyl sites for hydroxylation is 1. The number of hydrogen-bond acceptors (Lipinski definition) is 4. The smallest absolute Gasteiger partial charge is 0.264 e. The van der Waals surface area contributed by atoms with Crippen LogP contribution in [0.5, 0.6) is 5.88 Å². The lowest BCUT2D eigenvalue weighted by Gasteiger charge is -2.18. The van der Waals surface area contributed by atoms with Crippen LogP contribution in [0.1, 0.15) is 16.8 Å². The summed E-state index contributed by atoms with van der Waals surface area (Å²) in [4.78, 5) is 17.9. The number of amides is 1. The highest BCUT2D eigenvalue weighted by Crippen LogP contribution is 2.28. The van der Waals surface area contributed by atoms with Crippen molar-refractivity contribution in [2.75, 3.05) is 18.6 Å². The molecule has 24 heavy (non-hydrogen) atoms. The quantitative estimate of drug-likeness (QED) is 0.766. The maximum atomic E-state index is 12.3. The molecule has 0 saturated carbocycles. The van der Waals surface area contributed by atoms with Crippen molar-refractivity contribution in [2.45, 2.75) is 13.8 Å². The minimum Gasteiger partial charge on any atom is -0.467 e. The molecule has 0 aliphatic heterocycles. The molecule has 124 valence electrons. The lowest BCUT2D eigenvalue weighted by molar-refractivity contribution is -0.120. The Hall–Kier alpha value is -2.10. The number of carbonyl (C=O) groups excluding carboxylic acids is 1. The Balaban J connectivity index is 2.15. The third-order valence-corrected chi connectivity index (χ3v) is 4.62. The second-order valence-electron chi connectivity index (χ2n) is 5.15. The average molecular weight is 409 g/mol. The number of ether oxygens (including phenoxy) is 1. The summed E-state index contributed by atoms with van der Waals surface area (Å²) in [5.41, 5.74) is 2.13. The Morgan fingerprint density at radius 3 is 2.58 bits per heavy atom. The van der Waals surface area contributed by atoms with E-state index in [4.69, 9.17) is 16.3 Å². The molecule has 0 spiro atoms. The third-order valence-electron chi connectivity index (χ3n) is 3.54. The van der Waals surface area contributed by atoms with E-state index in [2.05, 4.69) is 20.9 Å². The van der Waals surface area contributed by atoms with E-state index in [9.17, 15) is 10.1 Å². The van der Waals surface area contributed by atoms with Crippen LogP contribution in [0.25, 0.3) is 0 Å². The van der Waals surface area contributed by atoms with Gasteiger partial charge in [0, 0.05) is 17.2 Å². The molecule has 5 nitrogen and oxygen atoms in total. The number of benzene rings is 1. The van der Waals surface area contributed by atoms with Gasteiger partial charge < -0.3 is 9.64 Å². The normalized spacial score (nSPS) is 10.2. The van der Waals surface area contributed by atoms with Gasteiger partial charge in [-0.15, -0.1) is 0 Å². The van der Waals surface area contributed by atoms with E-state index in [1.165, 1.54) is 4.90 Å². The lowest BCUT2D eigenvalue weighted by atomic mass is 10.1. The van der Waals surface area contributed by atoms with Gasteiger partial charge >= 0.3 is 0 Å². The molecular weight excluding hydrogens is 394 g/mol. The van der Waals surface area contributed by atoms with Crippen molar-refractivity contribution in [1.29, 1.82) is 5.26 Å². The van der Waals surface area contributed by atoms with E-state index in [-0.39, 0.29) is 24.0 Å². The van der Waals surface area contributed by atoms with Crippen LogP contribution in [-0.2, 0) is 4.79 Å². The van der Waals surface area contributed by atoms with Crippen molar-refractivity contribution in [1.82, 2.24) is 4.98 Å². The van der Waals surface area contributed by atoms with Gasteiger partial charge in [0.1, 0.15) is 11.6 Å². The first kappa shape index (κ1) is 18.2. The molecule has 0 aliphatic carbocycles. The molecule has 0 bridgehead atoms. The summed E-state index contributed by atoms with van der Waals surface area (Å²) in [5, 5.41) is 9.69. The van der Waals surface area contributed by atoms with E-state index in [0.29, 0.717) is 16.3 Å². The number of aromatic nitrogens is 1. The molecule has 2 rings (SSSR count). The molecular formula is C17H15BrClN3O2. The Kier molecular flexibility index (Phi) is 5.81. The number of rotatable bonds is 4. The summed E-state index contributed by atoms with van der Waals surface area (Å²) < 4.78 is 6.41. The van der Waals surface area contributed by atoms with Gasteiger partial charge in [0.25, 0.3) is 5.91 Å². The first-order valence-electron chi connectivity index (χ1n) is 7.07. The van der Waals surface area contributed by atoms with Crippen LogP contribution in [0, 0.1) is 25.2 Å². The lowest BCUT2D eigenvalue weighted by Crippen LogP contribution is -2.31. The standard InChI is InChI=1S/C17H15BrClN3O2/c1-10-14(8-20)17(21-11(2)16(10)19)24-9-15(23)22(3)13-6-4-12(18)5-7-13/h4-7H,9H2,1-3H3. The number of anilines is 1. The molecule has 0 saturated heterocycles. The summed E-state index contributed by atoms with van der Waals surface area (Å²) in [6, 6.07) is 9.35. The summed E-state index contributed by atoms with van der Waals surface area (Å²) in [5.74, 6) is -0.136. The predicted molar refractivity (Wildman–Crippen MR) is 96.5 cm³/mol. The van der Waals surface area contributed by atoms with Crippen molar-refractivity contribution >= 4 is 39.1 Å². The number of carbonyl (C=O) groups is 1. The van der Waals surface area contributed by atoms with Crippen molar-refractivity contribution in [3.8, 4) is 11.9 Å². The highest BCUT2D eigenvalue weighted by Gasteiger charge is 2.17. The average Bonchev–Trinajstić information content (AvgIpc) is 2.57. The monoisotopic (exact) mass is 407 g/mol. The fraction of sp³-hybridized carbons (Fsp3) is 0.235. The summed E-state index contributed by atoms with van der Waals surface area (Å²) >= 11 is 9.44. The summed E-state index contributed by atoms with van der Waals surface area (Å²) in [6.07, 6.45) is 0. The maximum Gasteiger partial charge on any atom is 0.264 e. The molecule has 7 heteroatoms. The predicted octanol–water partition coefficient (Wildman–Crippen LogP) is 4.03. The van der Waals surface area contributed by atoms with Gasteiger partial charge in [0.2, 0.25) is 5.88 Å². The van der Waals surface area contributed by atoms with E-state index >= 15 is 0 Å². The number of halogens is 2. The fourth-order valence-corrected chi connectivity index (χ4v) is 2.47. The highest BCUT2D eigenvalue weighted by molar-refractivity contribution is 9.10. The van der Waals surface area contributed by atoms with Gasteiger partial charge in [-0.05, 0) is 43.7 Å². The Morgan fingerprint density at radius 2 is 2.00 bits per heavy atom. The first-order chi connectivity index (χ1) is 11.3. The van der Waals surface area contributed by atoms with Crippen LogP contribution in [0.4, 0.5) is 5.69 Å². The molecule has 2 aromatic rings. The van der Waals surface area contributed by atoms with Gasteiger partial charge in [-0.25, -0.2) is 4.98 Å². The van der Waals surface area contributed by atoms with Crippen molar-refractivity contribution < 1.29 is 9.53 Å². The zero-order valence-electron chi connectivity index (χ0n) is 13.4. The zero-order chi connectivity index (χ0) is 17.9. The van der Waals surface area contributed by atoms with Gasteiger partial charge in [0.15, 0.2) is 6.61 Å². The SMILES string of the molecule is Cc1nc(OCC(=O)N(C)c2ccc(Br)cc2)c(C#N)c(C)c1Cl. The molecule has 0 unspecified atom stereocenters. The first-order valence-corrected chi connectivity index (χ1v) is 8.24. The van der Waals surface area contributed by atoms with Crippen LogP contribution in [-0.4, -0.2) is 24.5 Å². The molecule has 1 aromatic heterocycles. The van der Waals surface area contributed by atoms with Crippen LogP contribution in [0.3, 0.4) is 0 Å². The zero-order valence-corrected chi connectivity index (χ0v) is 15.8. The van der Waals surface area contributed by atoms with E-state index in [1.807, 2.05) is 30.3 Å². The number of nitriles is 1. The minimum absolute atomic E-state index is 0.120. The fourth-order valence-electron chi connectivity index (χ4n) is 2.07. The second kappa shape index (κ2) is 7.65. The molecule has 0 N–H and O–H groups in total. The van der Waals surface area contributed by atoms with Gasteiger partial charge in [0.05, 0.1) is 10.7 Å². The van der Waals surface area contributed by atoms with Crippen LogP contribution < -0.4 is 9.64 Å². The molecule has 1 aromatic carbocycles. The second-order valence-corrected chi connectivity index (χ2v) is 6.44. The molecule has 0 atom stereocenters. The molecule has 0 radical (unpaired) electrons. The number of hydrogen-bond donors (Lipinski definition) is 0. The Morgan fingerprint density at radius 1 is 1.38 bits per heavy atom. The van der Waals surface area contributed by atoms with E-state index in [0.717, 1.165) is 10.2 Å². The van der Waals surface area contributed by atoms with Crippen molar-refractivity contribution in [2.24, 2.45) is 0 Å². The summed E-state index contributed by atoms with van der Waals surface area (Å²) in [7, 11) is 1.66. The molecule has 0 fully saturated rings. The van der Waals surface area contributed by atoms with E-state index < -0.39 is 0 Å².